The molecule has 0 unspecified atom stereocenters. The monoisotopic (exact) mass is 361 g/mol. The van der Waals surface area contributed by atoms with Gasteiger partial charge in [0.2, 0.25) is 5.91 Å². The fourth-order valence-corrected chi connectivity index (χ4v) is 3.46. The van der Waals surface area contributed by atoms with Crippen molar-refractivity contribution in [2.24, 2.45) is 0 Å². The molecule has 138 valence electrons. The summed E-state index contributed by atoms with van der Waals surface area (Å²) in [5.41, 5.74) is 5.36. The van der Waals surface area contributed by atoms with Crippen LogP contribution in [0.4, 0.5) is 5.69 Å². The number of hydrogen-bond donors (Lipinski definition) is 0. The van der Waals surface area contributed by atoms with E-state index < -0.39 is 0 Å². The van der Waals surface area contributed by atoms with Crippen LogP contribution in [-0.2, 0) is 16.1 Å². The van der Waals surface area contributed by atoms with Crippen LogP contribution in [-0.4, -0.2) is 35.7 Å². The van der Waals surface area contributed by atoms with E-state index in [-0.39, 0.29) is 5.91 Å². The average Bonchev–Trinajstić information content (AvgIpc) is 3.36. The van der Waals surface area contributed by atoms with Crippen LogP contribution in [0.5, 0.6) is 0 Å². The molecule has 5 heteroatoms. The number of methoxy groups -OCH3 is 1. The van der Waals surface area contributed by atoms with E-state index in [9.17, 15) is 4.79 Å². The van der Waals surface area contributed by atoms with E-state index in [1.807, 2.05) is 29.4 Å². The molecule has 0 atom stereocenters. The van der Waals surface area contributed by atoms with E-state index in [2.05, 4.69) is 46.2 Å². The predicted molar refractivity (Wildman–Crippen MR) is 107 cm³/mol. The minimum atomic E-state index is 0.212. The van der Waals surface area contributed by atoms with E-state index in [0.717, 1.165) is 47.5 Å². The summed E-state index contributed by atoms with van der Waals surface area (Å²) in [7, 11) is 1.71. The third-order valence-corrected chi connectivity index (χ3v) is 4.96. The Bertz CT molecular complexity index is 931. The van der Waals surface area contributed by atoms with E-state index in [1.54, 1.807) is 7.11 Å². The van der Waals surface area contributed by atoms with Crippen LogP contribution in [0.15, 0.2) is 61.2 Å². The van der Waals surface area contributed by atoms with Crippen molar-refractivity contribution in [3.8, 4) is 22.3 Å². The first-order chi connectivity index (χ1) is 13.2. The van der Waals surface area contributed by atoms with Gasteiger partial charge in [-0.3, -0.25) is 9.78 Å². The Morgan fingerprint density at radius 3 is 2.52 bits per heavy atom. The van der Waals surface area contributed by atoms with Gasteiger partial charge in [-0.05, 0) is 36.2 Å². The van der Waals surface area contributed by atoms with Gasteiger partial charge in [0.1, 0.15) is 0 Å². The Balaban J connectivity index is 1.55. The van der Waals surface area contributed by atoms with Gasteiger partial charge in [-0.2, -0.15) is 0 Å². The van der Waals surface area contributed by atoms with Crippen LogP contribution in [0.3, 0.4) is 0 Å². The molecule has 0 spiro atoms. The normalized spacial score (nSPS) is 14.1. The molecule has 3 heterocycles. The number of aromatic nitrogens is 2. The maximum Gasteiger partial charge on any atom is 0.227 e. The van der Waals surface area contributed by atoms with E-state index in [4.69, 9.17) is 4.74 Å². The third kappa shape index (κ3) is 3.78. The summed E-state index contributed by atoms with van der Waals surface area (Å²) >= 11 is 0. The first-order valence-corrected chi connectivity index (χ1v) is 9.25. The number of nitrogens with zero attached hydrogens (tertiary/aromatic N) is 3. The van der Waals surface area contributed by atoms with Crippen LogP contribution in [0.2, 0.25) is 0 Å². The first-order valence-electron chi connectivity index (χ1n) is 9.25. The second kappa shape index (κ2) is 7.76. The zero-order chi connectivity index (χ0) is 18.6. The largest absolute Gasteiger partial charge is 0.383 e. The summed E-state index contributed by atoms with van der Waals surface area (Å²) in [5.74, 6) is 0.212. The Kier molecular flexibility index (Phi) is 5.03. The molecule has 2 aromatic heterocycles. The van der Waals surface area contributed by atoms with Gasteiger partial charge in [-0.25, -0.2) is 0 Å². The summed E-state index contributed by atoms with van der Waals surface area (Å²) in [6.07, 6.45) is 9.53. The molecule has 1 saturated heterocycles. The van der Waals surface area contributed by atoms with Gasteiger partial charge in [0.25, 0.3) is 0 Å². The highest BCUT2D eigenvalue weighted by Crippen LogP contribution is 2.28. The first kappa shape index (κ1) is 17.5. The molecule has 1 amide bonds. The lowest BCUT2D eigenvalue weighted by molar-refractivity contribution is -0.117. The van der Waals surface area contributed by atoms with Gasteiger partial charge in [0, 0.05) is 73.8 Å². The predicted octanol–water partition coefficient (Wildman–Crippen LogP) is 3.99. The molecule has 4 rings (SSSR count). The topological polar surface area (TPSA) is 47.4 Å². The van der Waals surface area contributed by atoms with Crippen LogP contribution >= 0.6 is 0 Å². The van der Waals surface area contributed by atoms with Gasteiger partial charge in [-0.15, -0.1) is 0 Å². The second-order valence-corrected chi connectivity index (χ2v) is 6.79. The lowest BCUT2D eigenvalue weighted by atomic mass is 10.0. The molecule has 3 aromatic rings. The maximum atomic E-state index is 11.9. The maximum absolute atomic E-state index is 11.9. The third-order valence-electron chi connectivity index (χ3n) is 4.96. The van der Waals surface area contributed by atoms with Crippen molar-refractivity contribution in [2.75, 3.05) is 25.2 Å². The molecule has 1 aliphatic heterocycles. The van der Waals surface area contributed by atoms with Crippen molar-refractivity contribution in [3.63, 3.8) is 0 Å². The van der Waals surface area contributed by atoms with Crippen LogP contribution in [0.1, 0.15) is 12.8 Å². The molecule has 0 saturated carbocycles. The second-order valence-electron chi connectivity index (χ2n) is 6.79. The number of hydrogen-bond acceptors (Lipinski definition) is 3. The smallest absolute Gasteiger partial charge is 0.227 e. The number of carbonyl (C=O) groups excluding carboxylic acids is 1. The number of amides is 1. The number of carbonyl (C=O) groups is 1. The number of anilines is 1. The Morgan fingerprint density at radius 2 is 1.81 bits per heavy atom. The van der Waals surface area contributed by atoms with Gasteiger partial charge < -0.3 is 14.2 Å². The highest BCUT2D eigenvalue weighted by molar-refractivity contribution is 5.95. The zero-order valence-corrected chi connectivity index (χ0v) is 15.5. The average molecular weight is 361 g/mol. The SMILES string of the molecule is COCCn1ccc(-c2cncc(-c3ccc(N4CCCC4=O)cc3)c2)c1. The summed E-state index contributed by atoms with van der Waals surface area (Å²) in [4.78, 5) is 18.2. The molecule has 0 N–H and O–H groups in total. The quantitative estimate of drug-likeness (QED) is 0.667. The number of benzene rings is 1. The fourth-order valence-electron chi connectivity index (χ4n) is 3.46. The van der Waals surface area contributed by atoms with Crippen molar-refractivity contribution in [1.29, 1.82) is 0 Å². The highest BCUT2D eigenvalue weighted by atomic mass is 16.5. The van der Waals surface area contributed by atoms with E-state index in [0.29, 0.717) is 13.0 Å². The standard InChI is InChI=1S/C22H23N3O2/c1-27-12-11-24-10-8-18(16-24)20-13-19(14-23-15-20)17-4-6-21(7-5-17)25-9-2-3-22(25)26/h4-8,10,13-16H,2-3,9,11-12H2,1H3. The van der Waals surface area contributed by atoms with Crippen molar-refractivity contribution >= 4 is 11.6 Å². The number of ether oxygens (including phenoxy) is 1. The van der Waals surface area contributed by atoms with Crippen molar-refractivity contribution in [3.05, 3.63) is 61.2 Å². The van der Waals surface area contributed by atoms with Crippen molar-refractivity contribution < 1.29 is 9.53 Å². The van der Waals surface area contributed by atoms with Crippen LogP contribution in [0.25, 0.3) is 22.3 Å². The molecule has 0 radical (unpaired) electrons. The molecule has 27 heavy (non-hydrogen) atoms. The molecular formula is C22H23N3O2. The minimum Gasteiger partial charge on any atom is -0.383 e. The molecule has 1 aromatic carbocycles. The van der Waals surface area contributed by atoms with Gasteiger partial charge >= 0.3 is 0 Å². The Labute approximate surface area is 159 Å². The van der Waals surface area contributed by atoms with Gasteiger partial charge in [0.15, 0.2) is 0 Å². The summed E-state index contributed by atoms with van der Waals surface area (Å²) in [5, 5.41) is 0. The lowest BCUT2D eigenvalue weighted by Crippen LogP contribution is -2.23. The van der Waals surface area contributed by atoms with Crippen molar-refractivity contribution in [1.82, 2.24) is 9.55 Å². The number of pyridine rings is 1. The van der Waals surface area contributed by atoms with E-state index in [1.165, 1.54) is 0 Å². The lowest BCUT2D eigenvalue weighted by Gasteiger charge is -2.16. The zero-order valence-electron chi connectivity index (χ0n) is 15.5. The molecule has 1 fully saturated rings. The molecule has 0 aliphatic carbocycles. The van der Waals surface area contributed by atoms with Gasteiger partial charge in [-0.1, -0.05) is 12.1 Å². The Morgan fingerprint density at radius 1 is 1.04 bits per heavy atom. The number of rotatable bonds is 6. The minimum absolute atomic E-state index is 0.212. The van der Waals surface area contributed by atoms with Crippen LogP contribution in [0, 0.1) is 0 Å². The van der Waals surface area contributed by atoms with E-state index >= 15 is 0 Å². The Hall–Kier alpha value is -2.92. The van der Waals surface area contributed by atoms with Crippen molar-refractivity contribution in [2.45, 2.75) is 19.4 Å². The van der Waals surface area contributed by atoms with Gasteiger partial charge in [0.05, 0.1) is 6.61 Å². The molecular weight excluding hydrogens is 338 g/mol. The molecule has 1 aliphatic rings. The molecule has 5 nitrogen and oxygen atoms in total. The summed E-state index contributed by atoms with van der Waals surface area (Å²) in [6.45, 7) is 2.34. The summed E-state index contributed by atoms with van der Waals surface area (Å²) in [6, 6.07) is 12.4. The fraction of sp³-hybridized carbons (Fsp3) is 0.273. The summed E-state index contributed by atoms with van der Waals surface area (Å²) < 4.78 is 7.25. The highest BCUT2D eigenvalue weighted by Gasteiger charge is 2.21. The van der Waals surface area contributed by atoms with Crippen LogP contribution < -0.4 is 4.90 Å². The molecule has 0 bridgehead atoms.